The van der Waals surface area contributed by atoms with Gasteiger partial charge in [-0.1, -0.05) is 71.1 Å². The standard InChI is InChI=1S/C21H36O4/c1-4-5-6-7-8-9-10-11-12-13-14-15-17-20(23)18(22)16-19(24-2)21(17)25-3/h16,22-23H,4-15H2,1-3H3. The molecule has 144 valence electrons. The Balaban J connectivity index is 2.27. The lowest BCUT2D eigenvalue weighted by atomic mass is 10.0. The van der Waals surface area contributed by atoms with Crippen LogP contribution in [0.1, 0.15) is 83.1 Å². The quantitative estimate of drug-likeness (QED) is 0.320. The largest absolute Gasteiger partial charge is 0.504 e. The molecule has 0 aliphatic rings. The van der Waals surface area contributed by atoms with Crippen molar-refractivity contribution in [3.63, 3.8) is 0 Å². The molecule has 0 atom stereocenters. The maximum atomic E-state index is 10.1. The molecule has 0 radical (unpaired) electrons. The average Bonchev–Trinajstić information content (AvgIpc) is 2.62. The smallest absolute Gasteiger partial charge is 0.167 e. The number of hydrogen-bond acceptors (Lipinski definition) is 4. The van der Waals surface area contributed by atoms with Crippen LogP contribution >= 0.6 is 0 Å². The fourth-order valence-electron chi connectivity index (χ4n) is 3.24. The highest BCUT2D eigenvalue weighted by atomic mass is 16.5. The number of phenols is 2. The fourth-order valence-corrected chi connectivity index (χ4v) is 3.24. The van der Waals surface area contributed by atoms with Crippen LogP contribution in [0.25, 0.3) is 0 Å². The Kier molecular flexibility index (Phi) is 10.9. The van der Waals surface area contributed by atoms with Gasteiger partial charge in [0, 0.05) is 11.6 Å². The number of benzene rings is 1. The zero-order chi connectivity index (χ0) is 18.5. The van der Waals surface area contributed by atoms with Crippen molar-refractivity contribution in [1.82, 2.24) is 0 Å². The highest BCUT2D eigenvalue weighted by Gasteiger charge is 2.18. The van der Waals surface area contributed by atoms with Gasteiger partial charge >= 0.3 is 0 Å². The highest BCUT2D eigenvalue weighted by Crippen LogP contribution is 2.43. The predicted octanol–water partition coefficient (Wildman–Crippen LogP) is 5.97. The maximum Gasteiger partial charge on any atom is 0.167 e. The molecule has 1 aromatic carbocycles. The number of aromatic hydroxyl groups is 2. The van der Waals surface area contributed by atoms with Crippen molar-refractivity contribution < 1.29 is 19.7 Å². The SMILES string of the molecule is CCCCCCCCCCCCCc1c(O)c(O)cc(OC)c1OC. The summed E-state index contributed by atoms with van der Waals surface area (Å²) < 4.78 is 10.6. The van der Waals surface area contributed by atoms with Crippen LogP contribution in [0.4, 0.5) is 0 Å². The molecular weight excluding hydrogens is 316 g/mol. The van der Waals surface area contributed by atoms with Crippen LogP contribution in [0.2, 0.25) is 0 Å². The van der Waals surface area contributed by atoms with Gasteiger partial charge in [0.2, 0.25) is 0 Å². The molecule has 0 heterocycles. The molecule has 0 spiro atoms. The van der Waals surface area contributed by atoms with E-state index in [2.05, 4.69) is 6.92 Å². The first-order chi connectivity index (χ1) is 12.2. The maximum absolute atomic E-state index is 10.1. The first kappa shape index (κ1) is 21.5. The van der Waals surface area contributed by atoms with E-state index in [-0.39, 0.29) is 11.5 Å². The van der Waals surface area contributed by atoms with Crippen LogP contribution in [-0.4, -0.2) is 24.4 Å². The lowest BCUT2D eigenvalue weighted by Crippen LogP contribution is -1.97. The summed E-state index contributed by atoms with van der Waals surface area (Å²) in [6, 6.07) is 1.39. The van der Waals surface area contributed by atoms with Crippen molar-refractivity contribution in [2.75, 3.05) is 14.2 Å². The summed E-state index contributed by atoms with van der Waals surface area (Å²) in [5.74, 6) is 0.723. The zero-order valence-corrected chi connectivity index (χ0v) is 16.3. The van der Waals surface area contributed by atoms with E-state index in [1.165, 1.54) is 71.0 Å². The van der Waals surface area contributed by atoms with E-state index in [0.29, 0.717) is 23.5 Å². The zero-order valence-electron chi connectivity index (χ0n) is 16.3. The number of hydrogen-bond donors (Lipinski definition) is 2. The van der Waals surface area contributed by atoms with Crippen molar-refractivity contribution in [2.45, 2.75) is 84.0 Å². The molecule has 4 nitrogen and oxygen atoms in total. The van der Waals surface area contributed by atoms with Gasteiger partial charge in [0.25, 0.3) is 0 Å². The number of ether oxygens (including phenoxy) is 2. The summed E-state index contributed by atoms with van der Waals surface area (Å²) in [4.78, 5) is 0. The van der Waals surface area contributed by atoms with Crippen LogP contribution in [0.15, 0.2) is 6.07 Å². The Labute approximate surface area is 153 Å². The number of unbranched alkanes of at least 4 members (excludes halogenated alkanes) is 10. The van der Waals surface area contributed by atoms with E-state index < -0.39 is 0 Å². The molecule has 0 aromatic heterocycles. The Morgan fingerprint density at radius 2 is 1.28 bits per heavy atom. The third kappa shape index (κ3) is 7.45. The van der Waals surface area contributed by atoms with Crippen molar-refractivity contribution in [1.29, 1.82) is 0 Å². The van der Waals surface area contributed by atoms with Gasteiger partial charge in [0.1, 0.15) is 0 Å². The Hall–Kier alpha value is -1.58. The van der Waals surface area contributed by atoms with E-state index in [9.17, 15) is 10.2 Å². The van der Waals surface area contributed by atoms with Gasteiger partial charge < -0.3 is 19.7 Å². The molecule has 0 unspecified atom stereocenters. The van der Waals surface area contributed by atoms with Gasteiger partial charge in [0.15, 0.2) is 23.0 Å². The number of methoxy groups -OCH3 is 2. The van der Waals surface area contributed by atoms with E-state index in [1.54, 1.807) is 7.11 Å². The van der Waals surface area contributed by atoms with Gasteiger partial charge in [-0.25, -0.2) is 0 Å². The van der Waals surface area contributed by atoms with Gasteiger partial charge in [-0.15, -0.1) is 0 Å². The van der Waals surface area contributed by atoms with Crippen LogP contribution < -0.4 is 9.47 Å². The van der Waals surface area contributed by atoms with Crippen LogP contribution in [0.3, 0.4) is 0 Å². The van der Waals surface area contributed by atoms with Crippen molar-refractivity contribution in [3.8, 4) is 23.0 Å². The minimum Gasteiger partial charge on any atom is -0.504 e. The summed E-state index contributed by atoms with van der Waals surface area (Å²) in [6.07, 6.45) is 14.7. The minimum absolute atomic E-state index is 0.0928. The molecule has 2 N–H and O–H groups in total. The normalized spacial score (nSPS) is 10.8. The van der Waals surface area contributed by atoms with Crippen molar-refractivity contribution in [2.24, 2.45) is 0 Å². The van der Waals surface area contributed by atoms with Crippen LogP contribution in [-0.2, 0) is 6.42 Å². The fraction of sp³-hybridized carbons (Fsp3) is 0.714. The Bertz CT molecular complexity index is 485. The molecule has 0 saturated heterocycles. The average molecular weight is 353 g/mol. The monoisotopic (exact) mass is 352 g/mol. The molecule has 4 heteroatoms. The lowest BCUT2D eigenvalue weighted by Gasteiger charge is -2.15. The second kappa shape index (κ2) is 12.7. The molecule has 0 amide bonds. The van der Waals surface area contributed by atoms with Gasteiger partial charge in [-0.3, -0.25) is 0 Å². The number of phenolic OH excluding ortho intramolecular Hbond substituents is 2. The van der Waals surface area contributed by atoms with E-state index in [4.69, 9.17) is 9.47 Å². The lowest BCUT2D eigenvalue weighted by molar-refractivity contribution is 0.336. The molecular formula is C21H36O4. The topological polar surface area (TPSA) is 58.9 Å². The van der Waals surface area contributed by atoms with Crippen LogP contribution in [0.5, 0.6) is 23.0 Å². The summed E-state index contributed by atoms with van der Waals surface area (Å²) in [5, 5.41) is 19.9. The molecule has 0 bridgehead atoms. The molecule has 0 aliphatic carbocycles. The third-order valence-electron chi connectivity index (χ3n) is 4.75. The van der Waals surface area contributed by atoms with Gasteiger partial charge in [-0.2, -0.15) is 0 Å². The van der Waals surface area contributed by atoms with Crippen molar-refractivity contribution >= 4 is 0 Å². The predicted molar refractivity (Wildman–Crippen MR) is 103 cm³/mol. The van der Waals surface area contributed by atoms with E-state index >= 15 is 0 Å². The third-order valence-corrected chi connectivity index (χ3v) is 4.75. The summed E-state index contributed by atoms with van der Waals surface area (Å²) >= 11 is 0. The Morgan fingerprint density at radius 3 is 1.76 bits per heavy atom. The highest BCUT2D eigenvalue weighted by molar-refractivity contribution is 5.60. The molecule has 0 saturated carbocycles. The van der Waals surface area contributed by atoms with Gasteiger partial charge in [-0.05, 0) is 12.8 Å². The second-order valence-corrected chi connectivity index (χ2v) is 6.74. The van der Waals surface area contributed by atoms with Gasteiger partial charge in [0.05, 0.1) is 14.2 Å². The van der Waals surface area contributed by atoms with Crippen molar-refractivity contribution in [3.05, 3.63) is 11.6 Å². The number of rotatable bonds is 14. The molecule has 0 fully saturated rings. The van der Waals surface area contributed by atoms with E-state index in [1.807, 2.05) is 0 Å². The molecule has 0 aliphatic heterocycles. The van der Waals surface area contributed by atoms with Crippen LogP contribution in [0, 0.1) is 0 Å². The first-order valence-electron chi connectivity index (χ1n) is 9.81. The molecule has 1 aromatic rings. The summed E-state index contributed by atoms with van der Waals surface area (Å²) in [6.45, 7) is 2.25. The second-order valence-electron chi connectivity index (χ2n) is 6.74. The first-order valence-corrected chi connectivity index (χ1v) is 9.81. The van der Waals surface area contributed by atoms with E-state index in [0.717, 1.165) is 12.8 Å². The Morgan fingerprint density at radius 1 is 0.760 bits per heavy atom. The minimum atomic E-state index is -0.157. The summed E-state index contributed by atoms with van der Waals surface area (Å²) in [5.41, 5.74) is 0.635. The molecule has 1 rings (SSSR count). The molecule has 25 heavy (non-hydrogen) atoms. The summed E-state index contributed by atoms with van der Waals surface area (Å²) in [7, 11) is 3.08.